The van der Waals surface area contributed by atoms with Gasteiger partial charge in [0.25, 0.3) is 5.82 Å². The highest BCUT2D eigenvalue weighted by Crippen LogP contribution is 2.36. The van der Waals surface area contributed by atoms with E-state index < -0.39 is 0 Å². The SMILES string of the molecule is [C-]#[N+]c1c2c(nn1C)CN(C)C(=O)CCCn1cc(c(C)n1)C1=NCc3ncc-2cc31. The minimum absolute atomic E-state index is 0.0393. The molecule has 0 unspecified atom stereocenters. The van der Waals surface area contributed by atoms with E-state index in [1.807, 2.05) is 23.9 Å². The van der Waals surface area contributed by atoms with Gasteiger partial charge in [0.2, 0.25) is 5.91 Å². The number of amides is 1. The third-order valence-corrected chi connectivity index (χ3v) is 5.89. The molecule has 0 N–H and O–H groups in total. The molecule has 3 aromatic heterocycles. The quantitative estimate of drug-likeness (QED) is 0.529. The maximum absolute atomic E-state index is 12.7. The fourth-order valence-electron chi connectivity index (χ4n) is 4.29. The summed E-state index contributed by atoms with van der Waals surface area (Å²) in [6.07, 6.45) is 4.90. The first-order chi connectivity index (χ1) is 15.0. The van der Waals surface area contributed by atoms with Gasteiger partial charge in [0.05, 0.1) is 37.2 Å². The number of pyridine rings is 1. The van der Waals surface area contributed by atoms with Gasteiger partial charge >= 0.3 is 0 Å². The molecule has 1 amide bonds. The van der Waals surface area contributed by atoms with Crippen molar-refractivity contribution in [3.8, 4) is 11.1 Å². The number of rotatable bonds is 0. The molecular formula is C22H22N8O. The molecule has 0 saturated heterocycles. The van der Waals surface area contributed by atoms with Crippen LogP contribution in [0.15, 0.2) is 23.5 Å². The normalized spacial score (nSPS) is 15.7. The molecular weight excluding hydrogens is 392 g/mol. The first kappa shape index (κ1) is 19.2. The van der Waals surface area contributed by atoms with Gasteiger partial charge < -0.3 is 9.74 Å². The Morgan fingerprint density at radius 3 is 2.81 bits per heavy atom. The van der Waals surface area contributed by atoms with Gasteiger partial charge in [-0.2, -0.15) is 5.10 Å². The average molecular weight is 414 g/mol. The molecule has 0 radical (unpaired) electrons. The molecule has 31 heavy (non-hydrogen) atoms. The summed E-state index contributed by atoms with van der Waals surface area (Å²) >= 11 is 0. The van der Waals surface area contributed by atoms with Crippen LogP contribution in [-0.2, 0) is 31.5 Å². The Morgan fingerprint density at radius 2 is 2.00 bits per heavy atom. The molecule has 5 heterocycles. The second-order valence-electron chi connectivity index (χ2n) is 8.01. The van der Waals surface area contributed by atoms with Crippen molar-refractivity contribution in [2.75, 3.05) is 7.05 Å². The molecule has 2 aliphatic rings. The van der Waals surface area contributed by atoms with E-state index in [4.69, 9.17) is 11.6 Å². The predicted octanol–water partition coefficient (Wildman–Crippen LogP) is 2.64. The third kappa shape index (κ3) is 3.11. The third-order valence-electron chi connectivity index (χ3n) is 5.89. The first-order valence-corrected chi connectivity index (χ1v) is 10.2. The minimum atomic E-state index is 0.0393. The summed E-state index contributed by atoms with van der Waals surface area (Å²) in [6, 6.07) is 2.04. The average Bonchev–Trinajstić information content (AvgIpc) is 3.41. The van der Waals surface area contributed by atoms with Gasteiger partial charge in [-0.1, -0.05) is 6.57 Å². The summed E-state index contributed by atoms with van der Waals surface area (Å²) in [4.78, 5) is 27.5. The van der Waals surface area contributed by atoms with Gasteiger partial charge in [-0.05, 0) is 25.0 Å². The van der Waals surface area contributed by atoms with Crippen LogP contribution in [0.3, 0.4) is 0 Å². The van der Waals surface area contributed by atoms with Crippen molar-refractivity contribution < 1.29 is 4.79 Å². The van der Waals surface area contributed by atoms with Crippen molar-refractivity contribution in [2.45, 2.75) is 39.4 Å². The molecule has 0 aromatic carbocycles. The van der Waals surface area contributed by atoms with Crippen LogP contribution in [0.4, 0.5) is 5.82 Å². The molecule has 0 saturated carbocycles. The maximum atomic E-state index is 12.7. The molecule has 9 nitrogen and oxygen atoms in total. The van der Waals surface area contributed by atoms with Crippen LogP contribution in [0.25, 0.3) is 16.0 Å². The molecule has 156 valence electrons. The van der Waals surface area contributed by atoms with Crippen molar-refractivity contribution in [1.29, 1.82) is 0 Å². The van der Waals surface area contributed by atoms with Crippen LogP contribution in [0, 0.1) is 13.5 Å². The van der Waals surface area contributed by atoms with Crippen LogP contribution in [0.5, 0.6) is 0 Å². The Morgan fingerprint density at radius 1 is 1.16 bits per heavy atom. The molecule has 0 fully saturated rings. The van der Waals surface area contributed by atoms with E-state index in [2.05, 4.69) is 20.0 Å². The highest BCUT2D eigenvalue weighted by Gasteiger charge is 2.26. The number of aromatic nitrogens is 5. The summed E-state index contributed by atoms with van der Waals surface area (Å²) in [5.74, 6) is 0.472. The molecule has 0 spiro atoms. The van der Waals surface area contributed by atoms with Crippen molar-refractivity contribution in [1.82, 2.24) is 29.4 Å². The highest BCUT2D eigenvalue weighted by molar-refractivity contribution is 6.15. The Kier molecular flexibility index (Phi) is 4.43. The molecule has 3 aromatic rings. The Labute approximate surface area is 179 Å². The van der Waals surface area contributed by atoms with Crippen molar-refractivity contribution in [2.24, 2.45) is 12.0 Å². The smallest absolute Gasteiger partial charge is 0.260 e. The first-order valence-electron chi connectivity index (χ1n) is 10.2. The molecule has 4 bridgehead atoms. The van der Waals surface area contributed by atoms with E-state index in [1.165, 1.54) is 0 Å². The summed E-state index contributed by atoms with van der Waals surface area (Å²) < 4.78 is 3.47. The van der Waals surface area contributed by atoms with Gasteiger partial charge in [-0.15, -0.1) is 5.10 Å². The lowest BCUT2D eigenvalue weighted by molar-refractivity contribution is -0.130. The summed E-state index contributed by atoms with van der Waals surface area (Å²) in [5, 5.41) is 9.20. The molecule has 5 rings (SSSR count). The number of aryl methyl sites for hydroxylation is 3. The topological polar surface area (TPSA) is 85.6 Å². The molecule has 0 atom stereocenters. The van der Waals surface area contributed by atoms with Crippen molar-refractivity contribution >= 4 is 17.4 Å². The second kappa shape index (κ2) is 7.16. The van der Waals surface area contributed by atoms with Gasteiger partial charge in [-0.3, -0.25) is 19.5 Å². The van der Waals surface area contributed by atoms with Gasteiger partial charge in [0, 0.05) is 49.1 Å². The lowest BCUT2D eigenvalue weighted by Crippen LogP contribution is -2.26. The van der Waals surface area contributed by atoms with E-state index >= 15 is 0 Å². The number of hydrogen-bond acceptors (Lipinski definition) is 5. The summed E-state index contributed by atoms with van der Waals surface area (Å²) in [5.41, 5.74) is 6.86. The second-order valence-corrected chi connectivity index (χ2v) is 8.01. The monoisotopic (exact) mass is 414 g/mol. The molecule has 9 heteroatoms. The Bertz CT molecular complexity index is 1290. The lowest BCUT2D eigenvalue weighted by atomic mass is 9.99. The number of nitrogens with zero attached hydrogens (tertiary/aromatic N) is 8. The van der Waals surface area contributed by atoms with E-state index in [1.54, 1.807) is 29.9 Å². The maximum Gasteiger partial charge on any atom is 0.260 e. The van der Waals surface area contributed by atoms with Crippen molar-refractivity contribution in [3.05, 3.63) is 58.1 Å². The van der Waals surface area contributed by atoms with Gasteiger partial charge in [-0.25, -0.2) is 4.68 Å². The van der Waals surface area contributed by atoms with Crippen LogP contribution in [0.1, 0.15) is 41.1 Å². The minimum Gasteiger partial charge on any atom is -0.362 e. The zero-order chi connectivity index (χ0) is 21.7. The molecule has 0 aliphatic carbocycles. The van der Waals surface area contributed by atoms with E-state index in [0.29, 0.717) is 44.0 Å². The van der Waals surface area contributed by atoms with Crippen LogP contribution < -0.4 is 0 Å². The summed E-state index contributed by atoms with van der Waals surface area (Å²) in [7, 11) is 3.53. The van der Waals surface area contributed by atoms with Crippen LogP contribution in [0.2, 0.25) is 0 Å². The lowest BCUT2D eigenvalue weighted by Gasteiger charge is -2.17. The Hall–Kier alpha value is -3.80. The fraction of sp³-hybridized carbons (Fsp3) is 0.364. The zero-order valence-electron chi connectivity index (χ0n) is 17.8. The van der Waals surface area contributed by atoms with Crippen LogP contribution >= 0.6 is 0 Å². The predicted molar refractivity (Wildman–Crippen MR) is 115 cm³/mol. The number of hydrogen-bond donors (Lipinski definition) is 0. The highest BCUT2D eigenvalue weighted by atomic mass is 16.2. The standard InChI is InChI=1S/C22H22N8O/c1-13-16-11-30(26-13)7-5-6-19(31)28(3)12-18-20(22(23-2)29(4)27-18)14-8-15-17(24-9-14)10-25-21(15)16/h8-9,11H,5-7,10,12H2,1,3-4H3. The Balaban J connectivity index is 1.72. The van der Waals surface area contributed by atoms with E-state index in [9.17, 15) is 4.79 Å². The number of fused-ring (bicyclic) bond motifs is 6. The number of aliphatic imine (C=N–C) groups is 1. The van der Waals surface area contributed by atoms with Crippen molar-refractivity contribution in [3.63, 3.8) is 0 Å². The fourth-order valence-corrected chi connectivity index (χ4v) is 4.29. The van der Waals surface area contributed by atoms with Crippen LogP contribution in [-0.4, -0.2) is 48.1 Å². The zero-order valence-corrected chi connectivity index (χ0v) is 17.8. The van der Waals surface area contributed by atoms with Gasteiger partial charge in [0.15, 0.2) is 0 Å². The van der Waals surface area contributed by atoms with E-state index in [-0.39, 0.29) is 5.91 Å². The largest absolute Gasteiger partial charge is 0.362 e. The number of carbonyl (C=O) groups is 1. The van der Waals surface area contributed by atoms with E-state index in [0.717, 1.165) is 39.4 Å². The molecule has 2 aliphatic heterocycles. The summed E-state index contributed by atoms with van der Waals surface area (Å²) in [6.45, 7) is 11.2. The van der Waals surface area contributed by atoms with Gasteiger partial charge in [0.1, 0.15) is 5.69 Å². The number of carbonyl (C=O) groups excluding carboxylic acids is 1.